The zero-order valence-corrected chi connectivity index (χ0v) is 13.7. The van der Waals surface area contributed by atoms with Crippen molar-refractivity contribution < 1.29 is 4.39 Å². The summed E-state index contributed by atoms with van der Waals surface area (Å²) in [7, 11) is 3.82. The summed E-state index contributed by atoms with van der Waals surface area (Å²) < 4.78 is 13.3. The largest absolute Gasteiger partial charge is 0.377 e. The number of nitrogens with zero attached hydrogens (tertiary/aromatic N) is 2. The number of rotatable bonds is 3. The Kier molecular flexibility index (Phi) is 4.34. The van der Waals surface area contributed by atoms with E-state index in [-0.39, 0.29) is 11.4 Å². The molecule has 0 radical (unpaired) electrons. The minimum atomic E-state index is -0.259. The molecule has 3 nitrogen and oxygen atoms in total. The number of anilines is 1. The van der Waals surface area contributed by atoms with Gasteiger partial charge >= 0.3 is 0 Å². The van der Waals surface area contributed by atoms with E-state index in [2.05, 4.69) is 10.3 Å². The number of thiocarbonyl (C=S) groups is 1. The summed E-state index contributed by atoms with van der Waals surface area (Å²) in [6, 6.07) is 4.85. The first-order valence-electron chi connectivity index (χ1n) is 6.29. The van der Waals surface area contributed by atoms with E-state index in [9.17, 15) is 4.39 Å². The van der Waals surface area contributed by atoms with Gasteiger partial charge in [0.2, 0.25) is 0 Å². The lowest BCUT2D eigenvalue weighted by Crippen LogP contribution is -2.40. The topological polar surface area (TPSA) is 27.6 Å². The van der Waals surface area contributed by atoms with Crippen molar-refractivity contribution in [2.24, 2.45) is 4.99 Å². The van der Waals surface area contributed by atoms with Gasteiger partial charge in [-0.25, -0.2) is 9.38 Å². The first-order valence-corrected chi connectivity index (χ1v) is 7.69. The number of halogens is 1. The summed E-state index contributed by atoms with van der Waals surface area (Å²) in [5, 5.41) is 4.12. The van der Waals surface area contributed by atoms with Crippen molar-refractivity contribution in [2.45, 2.75) is 25.1 Å². The van der Waals surface area contributed by atoms with Crippen LogP contribution in [-0.4, -0.2) is 29.8 Å². The molecule has 1 aliphatic rings. The Morgan fingerprint density at radius 2 is 2.10 bits per heavy atom. The molecule has 0 aromatic heterocycles. The average Bonchev–Trinajstić information content (AvgIpc) is 2.61. The lowest BCUT2D eigenvalue weighted by atomic mass is 10.1. The highest BCUT2D eigenvalue weighted by molar-refractivity contribution is 8.13. The zero-order chi connectivity index (χ0) is 14.9. The average molecular weight is 311 g/mol. The Labute approximate surface area is 128 Å². The normalized spacial score (nSPS) is 16.9. The molecule has 0 saturated heterocycles. The lowest BCUT2D eigenvalue weighted by Gasteiger charge is -2.19. The molecular weight excluding hydrogens is 293 g/mol. The van der Waals surface area contributed by atoms with Crippen LogP contribution in [-0.2, 0) is 5.75 Å². The van der Waals surface area contributed by atoms with E-state index in [0.717, 1.165) is 22.2 Å². The molecule has 0 fully saturated rings. The van der Waals surface area contributed by atoms with Gasteiger partial charge in [0, 0.05) is 25.5 Å². The molecule has 0 aliphatic carbocycles. The van der Waals surface area contributed by atoms with Crippen LogP contribution < -0.4 is 10.2 Å². The van der Waals surface area contributed by atoms with Crippen molar-refractivity contribution in [3.63, 3.8) is 0 Å². The number of aliphatic imine (C=N–C) groups is 1. The minimum Gasteiger partial charge on any atom is -0.377 e. The maximum atomic E-state index is 13.3. The Morgan fingerprint density at radius 3 is 2.65 bits per heavy atom. The fourth-order valence-corrected chi connectivity index (χ4v) is 3.09. The summed E-state index contributed by atoms with van der Waals surface area (Å²) in [5.74, 6) is 0.499. The third-order valence-electron chi connectivity index (χ3n) is 3.05. The van der Waals surface area contributed by atoms with E-state index in [4.69, 9.17) is 12.2 Å². The monoisotopic (exact) mass is 311 g/mol. The molecule has 0 spiro atoms. The number of amidine groups is 1. The second-order valence-electron chi connectivity index (χ2n) is 5.43. The fourth-order valence-electron chi connectivity index (χ4n) is 1.87. The Morgan fingerprint density at radius 1 is 1.40 bits per heavy atom. The second kappa shape index (κ2) is 5.69. The van der Waals surface area contributed by atoms with Crippen molar-refractivity contribution in [2.75, 3.05) is 19.0 Å². The summed E-state index contributed by atoms with van der Waals surface area (Å²) in [6.07, 6.45) is 0. The van der Waals surface area contributed by atoms with Crippen LogP contribution in [0.5, 0.6) is 0 Å². The van der Waals surface area contributed by atoms with Gasteiger partial charge in [-0.05, 0) is 31.5 Å². The summed E-state index contributed by atoms with van der Waals surface area (Å²) >= 11 is 6.81. The molecule has 2 rings (SSSR count). The first-order chi connectivity index (χ1) is 9.29. The van der Waals surface area contributed by atoms with Crippen LogP contribution >= 0.6 is 24.0 Å². The molecule has 1 aromatic rings. The number of hydrogen-bond donors (Lipinski definition) is 1. The third kappa shape index (κ3) is 3.30. The van der Waals surface area contributed by atoms with Gasteiger partial charge in [0.15, 0.2) is 5.17 Å². The molecule has 0 unspecified atom stereocenters. The SMILES string of the molecule is CN(C)c1cc(F)ccc1CSC1=NC(=S)C(C)(C)N1. The summed E-state index contributed by atoms with van der Waals surface area (Å²) in [6.45, 7) is 4.02. The fraction of sp³-hybridized carbons (Fsp3) is 0.429. The van der Waals surface area contributed by atoms with Crippen molar-refractivity contribution in [3.8, 4) is 0 Å². The second-order valence-corrected chi connectivity index (χ2v) is 6.78. The van der Waals surface area contributed by atoms with E-state index in [0.29, 0.717) is 4.99 Å². The Bertz CT molecular complexity index is 568. The zero-order valence-electron chi connectivity index (χ0n) is 12.0. The molecular formula is C14H18FN3S2. The van der Waals surface area contributed by atoms with Crippen molar-refractivity contribution in [1.82, 2.24) is 5.32 Å². The van der Waals surface area contributed by atoms with Gasteiger partial charge in [-0.3, -0.25) is 0 Å². The van der Waals surface area contributed by atoms with E-state index >= 15 is 0 Å². The summed E-state index contributed by atoms with van der Waals surface area (Å²) in [5.41, 5.74) is 1.70. The highest BCUT2D eigenvalue weighted by Crippen LogP contribution is 2.27. The summed E-state index contributed by atoms with van der Waals surface area (Å²) in [4.78, 5) is 6.95. The Balaban J connectivity index is 2.09. The van der Waals surface area contributed by atoms with Gasteiger partial charge in [-0.15, -0.1) is 0 Å². The van der Waals surface area contributed by atoms with E-state index < -0.39 is 0 Å². The van der Waals surface area contributed by atoms with Gasteiger partial charge in [-0.1, -0.05) is 30.0 Å². The standard InChI is InChI=1S/C14H18FN3S2/c1-14(2)12(19)16-13(17-14)20-8-9-5-6-10(15)7-11(9)18(3)4/h5-7H,8H2,1-4H3,(H,16,17,19). The van der Waals surface area contributed by atoms with Crippen LogP contribution in [0.25, 0.3) is 0 Å². The van der Waals surface area contributed by atoms with Gasteiger partial charge in [0.1, 0.15) is 10.8 Å². The number of nitrogens with one attached hydrogen (secondary N) is 1. The maximum absolute atomic E-state index is 13.3. The van der Waals surface area contributed by atoms with Crippen LogP contribution in [0, 0.1) is 5.82 Å². The minimum absolute atomic E-state index is 0.221. The van der Waals surface area contributed by atoms with E-state index in [1.165, 1.54) is 6.07 Å². The van der Waals surface area contributed by atoms with Gasteiger partial charge < -0.3 is 10.2 Å². The van der Waals surface area contributed by atoms with Crippen LogP contribution in [0.2, 0.25) is 0 Å². The number of benzene rings is 1. The predicted molar refractivity (Wildman–Crippen MR) is 89.3 cm³/mol. The van der Waals surface area contributed by atoms with E-state index in [1.807, 2.05) is 38.9 Å². The molecule has 1 aliphatic heterocycles. The highest BCUT2D eigenvalue weighted by atomic mass is 32.2. The molecule has 1 N–H and O–H groups in total. The first kappa shape index (κ1) is 15.3. The third-order valence-corrected chi connectivity index (χ3v) is 4.57. The Hall–Kier alpha value is -1.14. The number of thioether (sulfide) groups is 1. The van der Waals surface area contributed by atoms with Crippen molar-refractivity contribution in [3.05, 3.63) is 29.6 Å². The highest BCUT2D eigenvalue weighted by Gasteiger charge is 2.30. The van der Waals surface area contributed by atoms with Crippen molar-refractivity contribution in [1.29, 1.82) is 0 Å². The van der Waals surface area contributed by atoms with E-state index in [1.54, 1.807) is 17.8 Å². The predicted octanol–water partition coefficient (Wildman–Crippen LogP) is 3.19. The molecule has 0 saturated carbocycles. The van der Waals surface area contributed by atoms with Crippen LogP contribution in [0.3, 0.4) is 0 Å². The molecule has 1 heterocycles. The molecule has 0 bridgehead atoms. The van der Waals surface area contributed by atoms with Crippen molar-refractivity contribution >= 4 is 39.8 Å². The van der Waals surface area contributed by atoms with Crippen LogP contribution in [0.15, 0.2) is 23.2 Å². The van der Waals surface area contributed by atoms with Gasteiger partial charge in [0.05, 0.1) is 5.54 Å². The van der Waals surface area contributed by atoms with Crippen LogP contribution in [0.1, 0.15) is 19.4 Å². The molecule has 20 heavy (non-hydrogen) atoms. The smallest absolute Gasteiger partial charge is 0.163 e. The number of hydrogen-bond acceptors (Lipinski definition) is 4. The molecule has 6 heteroatoms. The molecule has 1 aromatic carbocycles. The molecule has 0 atom stereocenters. The molecule has 0 amide bonds. The maximum Gasteiger partial charge on any atom is 0.163 e. The quantitative estimate of drug-likeness (QED) is 0.868. The molecule has 108 valence electrons. The van der Waals surface area contributed by atoms with Gasteiger partial charge in [0.25, 0.3) is 0 Å². The van der Waals surface area contributed by atoms with Crippen LogP contribution in [0.4, 0.5) is 10.1 Å². The lowest BCUT2D eigenvalue weighted by molar-refractivity contribution is 0.627. The van der Waals surface area contributed by atoms with Gasteiger partial charge in [-0.2, -0.15) is 0 Å².